The Balaban J connectivity index is 1.65. The van der Waals surface area contributed by atoms with Gasteiger partial charge in [0.1, 0.15) is 0 Å². The molecule has 1 heterocycles. The van der Waals surface area contributed by atoms with Crippen LogP contribution in [0.1, 0.15) is 44.0 Å². The SMILES string of the molecule is CC1CN(C(=O)C(C)OC(=O)c2cccc(S(=O)(=O)NC3CC3)c2)CC(C)O1. The molecule has 0 aromatic heterocycles. The van der Waals surface area contributed by atoms with Crippen LogP contribution in [-0.2, 0) is 24.3 Å². The molecule has 3 rings (SSSR count). The van der Waals surface area contributed by atoms with Gasteiger partial charge in [-0.15, -0.1) is 0 Å². The molecule has 0 radical (unpaired) electrons. The van der Waals surface area contributed by atoms with Crippen LogP contribution < -0.4 is 4.72 Å². The van der Waals surface area contributed by atoms with Gasteiger partial charge in [-0.25, -0.2) is 17.9 Å². The summed E-state index contributed by atoms with van der Waals surface area (Å²) in [7, 11) is -3.67. The molecule has 8 nitrogen and oxygen atoms in total. The summed E-state index contributed by atoms with van der Waals surface area (Å²) in [6.45, 7) is 6.15. The minimum atomic E-state index is -3.67. The average molecular weight is 410 g/mol. The maximum absolute atomic E-state index is 12.6. The summed E-state index contributed by atoms with van der Waals surface area (Å²) in [6.07, 6.45) is 0.487. The minimum absolute atomic E-state index is 0.00339. The monoisotopic (exact) mass is 410 g/mol. The Hall–Kier alpha value is -1.97. The van der Waals surface area contributed by atoms with Crippen molar-refractivity contribution in [3.63, 3.8) is 0 Å². The molecule has 0 spiro atoms. The van der Waals surface area contributed by atoms with E-state index in [2.05, 4.69) is 4.72 Å². The van der Waals surface area contributed by atoms with Gasteiger partial charge in [-0.3, -0.25) is 4.79 Å². The fraction of sp³-hybridized carbons (Fsp3) is 0.579. The highest BCUT2D eigenvalue weighted by molar-refractivity contribution is 7.89. The second kappa shape index (κ2) is 8.18. The van der Waals surface area contributed by atoms with E-state index in [0.29, 0.717) is 13.1 Å². The Morgan fingerprint density at radius 2 is 1.86 bits per heavy atom. The zero-order chi connectivity index (χ0) is 20.5. The van der Waals surface area contributed by atoms with Crippen LogP contribution in [-0.4, -0.2) is 62.6 Å². The van der Waals surface area contributed by atoms with Crippen LogP contribution >= 0.6 is 0 Å². The molecule has 1 N–H and O–H groups in total. The quantitative estimate of drug-likeness (QED) is 0.710. The first-order valence-electron chi connectivity index (χ1n) is 9.43. The maximum atomic E-state index is 12.6. The number of sulfonamides is 1. The number of esters is 1. The van der Waals surface area contributed by atoms with Crippen LogP contribution in [0.4, 0.5) is 0 Å². The summed E-state index contributed by atoms with van der Waals surface area (Å²) in [5.74, 6) is -1.03. The third kappa shape index (κ3) is 5.09. The van der Waals surface area contributed by atoms with Crippen LogP contribution in [0, 0.1) is 0 Å². The molecule has 154 valence electrons. The third-order valence-electron chi connectivity index (χ3n) is 4.64. The number of morpholine rings is 1. The van der Waals surface area contributed by atoms with Crippen molar-refractivity contribution < 1.29 is 27.5 Å². The first-order valence-corrected chi connectivity index (χ1v) is 10.9. The highest BCUT2D eigenvalue weighted by atomic mass is 32.2. The Bertz CT molecular complexity index is 842. The molecule has 1 saturated carbocycles. The second-order valence-electron chi connectivity index (χ2n) is 7.47. The predicted octanol–water partition coefficient (Wildman–Crippen LogP) is 1.31. The van der Waals surface area contributed by atoms with Crippen molar-refractivity contribution in [3.8, 4) is 0 Å². The fourth-order valence-corrected chi connectivity index (χ4v) is 4.52. The molecule has 2 fully saturated rings. The summed E-state index contributed by atoms with van der Waals surface area (Å²) in [6, 6.07) is 5.61. The molecule has 3 unspecified atom stereocenters. The van der Waals surface area contributed by atoms with E-state index in [-0.39, 0.29) is 34.6 Å². The summed E-state index contributed by atoms with van der Waals surface area (Å²) in [4.78, 5) is 26.7. The first kappa shape index (κ1) is 20.8. The van der Waals surface area contributed by atoms with Gasteiger partial charge >= 0.3 is 5.97 Å². The van der Waals surface area contributed by atoms with E-state index in [9.17, 15) is 18.0 Å². The Labute approximate surface area is 165 Å². The van der Waals surface area contributed by atoms with Gasteiger partial charge in [0.05, 0.1) is 22.7 Å². The van der Waals surface area contributed by atoms with Gasteiger partial charge in [-0.2, -0.15) is 0 Å². The number of ether oxygens (including phenoxy) is 2. The molecule has 1 aliphatic heterocycles. The Morgan fingerprint density at radius 1 is 1.21 bits per heavy atom. The molecular weight excluding hydrogens is 384 g/mol. The van der Waals surface area contributed by atoms with Gasteiger partial charge < -0.3 is 14.4 Å². The number of rotatable bonds is 6. The molecular formula is C19H26N2O6S. The van der Waals surface area contributed by atoms with E-state index in [1.165, 1.54) is 31.2 Å². The number of nitrogens with one attached hydrogen (secondary N) is 1. The lowest BCUT2D eigenvalue weighted by Gasteiger charge is -2.36. The topological polar surface area (TPSA) is 102 Å². The van der Waals surface area contributed by atoms with Gasteiger partial charge in [0.25, 0.3) is 5.91 Å². The van der Waals surface area contributed by atoms with Gasteiger partial charge in [0.2, 0.25) is 10.0 Å². The predicted molar refractivity (Wildman–Crippen MR) is 101 cm³/mol. The number of carbonyl (C=O) groups excluding carboxylic acids is 2. The number of benzene rings is 1. The van der Waals surface area contributed by atoms with Crippen LogP contribution in [0.3, 0.4) is 0 Å². The summed E-state index contributed by atoms with van der Waals surface area (Å²) in [5, 5.41) is 0. The molecule has 2 aliphatic rings. The van der Waals surface area contributed by atoms with Crippen molar-refractivity contribution in [2.24, 2.45) is 0 Å². The van der Waals surface area contributed by atoms with E-state index in [1.54, 1.807) is 4.90 Å². The van der Waals surface area contributed by atoms with E-state index >= 15 is 0 Å². The van der Waals surface area contributed by atoms with Crippen molar-refractivity contribution in [2.45, 2.75) is 62.9 Å². The van der Waals surface area contributed by atoms with Crippen LogP contribution in [0.5, 0.6) is 0 Å². The lowest BCUT2D eigenvalue weighted by atomic mass is 10.2. The van der Waals surface area contributed by atoms with Crippen molar-refractivity contribution in [3.05, 3.63) is 29.8 Å². The van der Waals surface area contributed by atoms with Crippen molar-refractivity contribution in [2.75, 3.05) is 13.1 Å². The summed E-state index contributed by atoms with van der Waals surface area (Å²) < 4.78 is 38.1. The number of hydrogen-bond donors (Lipinski definition) is 1. The number of nitrogens with zero attached hydrogens (tertiary/aromatic N) is 1. The zero-order valence-electron chi connectivity index (χ0n) is 16.3. The van der Waals surface area contributed by atoms with Crippen LogP contribution in [0.2, 0.25) is 0 Å². The van der Waals surface area contributed by atoms with E-state index < -0.39 is 22.1 Å². The molecule has 1 aromatic carbocycles. The molecule has 9 heteroatoms. The smallest absolute Gasteiger partial charge is 0.338 e. The zero-order valence-corrected chi connectivity index (χ0v) is 17.1. The fourth-order valence-electron chi connectivity index (χ4n) is 3.17. The van der Waals surface area contributed by atoms with Crippen molar-refractivity contribution in [1.82, 2.24) is 9.62 Å². The molecule has 1 aromatic rings. The van der Waals surface area contributed by atoms with E-state index in [1.807, 2.05) is 13.8 Å². The normalized spacial score (nSPS) is 23.9. The van der Waals surface area contributed by atoms with Crippen molar-refractivity contribution in [1.29, 1.82) is 0 Å². The Kier molecular flexibility index (Phi) is 6.07. The van der Waals surface area contributed by atoms with E-state index in [4.69, 9.17) is 9.47 Å². The summed E-state index contributed by atoms with van der Waals surface area (Å²) in [5.41, 5.74) is 0.0852. The van der Waals surface area contributed by atoms with Crippen molar-refractivity contribution >= 4 is 21.9 Å². The molecule has 0 bridgehead atoms. The average Bonchev–Trinajstić information content (AvgIpc) is 3.43. The second-order valence-corrected chi connectivity index (χ2v) is 9.19. The van der Waals surface area contributed by atoms with Gasteiger partial charge in [-0.05, 0) is 51.8 Å². The van der Waals surface area contributed by atoms with Gasteiger partial charge in [-0.1, -0.05) is 6.07 Å². The lowest BCUT2D eigenvalue weighted by molar-refractivity contribution is -0.151. The molecule has 3 atom stereocenters. The number of carbonyl (C=O) groups is 2. The molecule has 1 saturated heterocycles. The third-order valence-corrected chi connectivity index (χ3v) is 6.16. The Morgan fingerprint density at radius 3 is 2.46 bits per heavy atom. The van der Waals surface area contributed by atoms with E-state index in [0.717, 1.165) is 12.8 Å². The highest BCUT2D eigenvalue weighted by Gasteiger charge is 2.31. The van der Waals surface area contributed by atoms with Gasteiger partial charge in [0.15, 0.2) is 6.10 Å². The standard InChI is InChI=1S/C19H26N2O6S/c1-12-10-21(11-13(2)26-12)18(22)14(3)27-19(23)15-5-4-6-17(9-15)28(24,25)20-16-7-8-16/h4-6,9,12-14,16,20H,7-8,10-11H2,1-3H3. The van der Waals surface area contributed by atoms with Gasteiger partial charge in [0, 0.05) is 19.1 Å². The highest BCUT2D eigenvalue weighted by Crippen LogP contribution is 2.23. The number of amides is 1. The number of hydrogen-bond acceptors (Lipinski definition) is 6. The van der Waals surface area contributed by atoms with Crippen LogP contribution in [0.15, 0.2) is 29.2 Å². The molecule has 28 heavy (non-hydrogen) atoms. The largest absolute Gasteiger partial charge is 0.449 e. The molecule has 1 amide bonds. The first-order chi connectivity index (χ1) is 13.2. The molecule has 1 aliphatic carbocycles. The van der Waals surface area contributed by atoms with Crippen LogP contribution in [0.25, 0.3) is 0 Å². The maximum Gasteiger partial charge on any atom is 0.338 e. The lowest BCUT2D eigenvalue weighted by Crippen LogP contribution is -2.51. The minimum Gasteiger partial charge on any atom is -0.449 e. The summed E-state index contributed by atoms with van der Waals surface area (Å²) >= 11 is 0.